The van der Waals surface area contributed by atoms with Crippen molar-refractivity contribution in [2.75, 3.05) is 69.6 Å². The lowest BCUT2D eigenvalue weighted by Crippen LogP contribution is -2.43. The molecule has 0 saturated carbocycles. The van der Waals surface area contributed by atoms with Crippen LogP contribution in [0.1, 0.15) is 26.7 Å². The van der Waals surface area contributed by atoms with E-state index in [0.717, 1.165) is 26.1 Å². The lowest BCUT2D eigenvalue weighted by atomic mass is 10.4. The van der Waals surface area contributed by atoms with E-state index >= 15 is 0 Å². The monoisotopic (exact) mass is 442 g/mol. The molecule has 176 valence electrons. The molecule has 0 heterocycles. The van der Waals surface area contributed by atoms with Crippen molar-refractivity contribution in [2.45, 2.75) is 39.0 Å². The molecule has 0 bridgehead atoms. The smallest absolute Gasteiger partial charge is 0.227 e. The number of ether oxygens (including phenoxy) is 2. The Hall–Kier alpha value is -0.630. The summed E-state index contributed by atoms with van der Waals surface area (Å²) in [5.41, 5.74) is 0. The molecule has 0 aromatic carbocycles. The van der Waals surface area contributed by atoms with Gasteiger partial charge in [-0.3, -0.25) is 28.0 Å². The summed E-state index contributed by atoms with van der Waals surface area (Å²) in [5, 5.41) is 0. The largest absolute Gasteiger partial charge is 0.759 e. The minimum absolute atomic E-state index is 0.354. The summed E-state index contributed by atoms with van der Waals surface area (Å²) >= 11 is 0. The summed E-state index contributed by atoms with van der Waals surface area (Å²) in [6.07, 6.45) is 2.64. The van der Waals surface area contributed by atoms with Crippen LogP contribution in [-0.4, -0.2) is 119 Å². The molecule has 0 amide bonds. The van der Waals surface area contributed by atoms with Crippen molar-refractivity contribution in [1.82, 2.24) is 19.6 Å². The third-order valence-corrected chi connectivity index (χ3v) is 3.44. The molecule has 0 rings (SSSR count). The van der Waals surface area contributed by atoms with Gasteiger partial charge in [0.15, 0.2) is 0 Å². The number of hydrogen-bond acceptors (Lipinski definition) is 10. The van der Waals surface area contributed by atoms with Crippen molar-refractivity contribution < 1.29 is 27.0 Å². The van der Waals surface area contributed by atoms with E-state index in [0.29, 0.717) is 12.3 Å². The Balaban J connectivity index is -0.000000380. The molecule has 0 aliphatic rings. The normalized spacial score (nSPS) is 11.7. The van der Waals surface area contributed by atoms with E-state index in [1.54, 1.807) is 0 Å². The average Bonchev–Trinajstić information content (AvgIpc) is 2.53. The predicted octanol–water partition coefficient (Wildman–Crippen LogP) is 0.710. The van der Waals surface area contributed by atoms with Crippen LogP contribution in [0.5, 0.6) is 0 Å². The van der Waals surface area contributed by atoms with E-state index in [2.05, 4.69) is 89.8 Å². The Morgan fingerprint density at radius 3 is 1.03 bits per heavy atom. The fourth-order valence-electron chi connectivity index (χ4n) is 2.06. The molecule has 0 unspecified atom stereocenters. The van der Waals surface area contributed by atoms with Crippen LogP contribution in [-0.2, 0) is 19.9 Å². The lowest BCUT2D eigenvalue weighted by Gasteiger charge is -2.28. The maximum atomic E-state index is 8.52. The number of hydrogen-bond donors (Lipinski definition) is 0. The lowest BCUT2D eigenvalue weighted by molar-refractivity contribution is 0.0407. The van der Waals surface area contributed by atoms with Gasteiger partial charge < -0.3 is 9.11 Å². The molecule has 0 aromatic heterocycles. The van der Waals surface area contributed by atoms with E-state index in [-0.39, 0.29) is 0 Å². The third-order valence-electron chi connectivity index (χ3n) is 3.44. The summed E-state index contributed by atoms with van der Waals surface area (Å²) < 4.78 is 44.8. The van der Waals surface area contributed by atoms with Crippen LogP contribution in [0.15, 0.2) is 0 Å². The Morgan fingerprint density at radius 2 is 0.897 bits per heavy atom. The van der Waals surface area contributed by atoms with Gasteiger partial charge in [-0.25, -0.2) is 0 Å². The first-order valence-electron chi connectivity index (χ1n) is 9.37. The molecular formula is C18H42N4O6S. The van der Waals surface area contributed by atoms with Gasteiger partial charge in [0.25, 0.3) is 0 Å². The van der Waals surface area contributed by atoms with E-state index in [9.17, 15) is 0 Å². The van der Waals surface area contributed by atoms with Crippen LogP contribution in [0.3, 0.4) is 0 Å². The number of likely N-dealkylation sites (N-methyl/N-ethyl adjacent to an activating group) is 4. The highest BCUT2D eigenvalue weighted by atomic mass is 32.3. The topological polar surface area (TPSA) is 112 Å². The molecule has 0 saturated heterocycles. The van der Waals surface area contributed by atoms with Crippen LogP contribution in [0.4, 0.5) is 0 Å². The fourth-order valence-corrected chi connectivity index (χ4v) is 2.06. The van der Waals surface area contributed by atoms with Crippen LogP contribution >= 0.6 is 0 Å². The first kappa shape index (κ1) is 33.0. The Morgan fingerprint density at radius 1 is 0.690 bits per heavy atom. The summed E-state index contributed by atoms with van der Waals surface area (Å²) in [5.74, 6) is 0. The van der Waals surface area contributed by atoms with Gasteiger partial charge in [0.2, 0.25) is 13.2 Å². The molecule has 0 fully saturated rings. The first-order valence-corrected chi connectivity index (χ1v) is 10.7. The second-order valence-electron chi connectivity index (χ2n) is 7.04. The molecule has 11 heteroatoms. The fraction of sp³-hybridized carbons (Fsp3) is 0.889. The van der Waals surface area contributed by atoms with Crippen LogP contribution in [0.2, 0.25) is 0 Å². The van der Waals surface area contributed by atoms with E-state index in [1.807, 2.05) is 13.2 Å². The molecule has 0 aliphatic carbocycles. The highest BCUT2D eigenvalue weighted by Gasteiger charge is 2.16. The number of nitrogens with zero attached hydrogens (tertiary/aromatic N) is 4. The highest BCUT2D eigenvalue weighted by molar-refractivity contribution is 7.79. The molecule has 0 aromatic rings. The Bertz CT molecular complexity index is 398. The van der Waals surface area contributed by atoms with Gasteiger partial charge in [-0.05, 0) is 70.2 Å². The Labute approximate surface area is 179 Å². The van der Waals surface area contributed by atoms with Crippen LogP contribution in [0.25, 0.3) is 0 Å². The van der Waals surface area contributed by atoms with Gasteiger partial charge >= 0.3 is 0 Å². The quantitative estimate of drug-likeness (QED) is 0.141. The van der Waals surface area contributed by atoms with Crippen LogP contribution < -0.4 is 0 Å². The molecule has 29 heavy (non-hydrogen) atoms. The Kier molecular flexibility index (Phi) is 22.0. The predicted molar refractivity (Wildman–Crippen MR) is 114 cm³/mol. The second kappa shape index (κ2) is 19.3. The highest BCUT2D eigenvalue weighted by Crippen LogP contribution is 2.00. The number of rotatable bonds is 12. The molecule has 0 spiro atoms. The third kappa shape index (κ3) is 27.4. The van der Waals surface area contributed by atoms with Crippen molar-refractivity contribution in [3.8, 4) is 0 Å². The zero-order chi connectivity index (χ0) is 23.6. The first-order chi connectivity index (χ1) is 13.2. The molecule has 0 radical (unpaired) electrons. The van der Waals surface area contributed by atoms with Gasteiger partial charge in [0, 0.05) is 10.4 Å². The van der Waals surface area contributed by atoms with E-state index < -0.39 is 10.4 Å². The molecular weight excluding hydrogens is 400 g/mol. The minimum Gasteiger partial charge on any atom is -0.759 e. The van der Waals surface area contributed by atoms with Gasteiger partial charge in [-0.15, -0.1) is 0 Å². The average molecular weight is 443 g/mol. The van der Waals surface area contributed by atoms with Crippen molar-refractivity contribution in [2.24, 2.45) is 0 Å². The minimum atomic E-state index is -5.17. The van der Waals surface area contributed by atoms with Crippen molar-refractivity contribution in [3.05, 3.63) is 13.2 Å². The van der Waals surface area contributed by atoms with Gasteiger partial charge in [0.05, 0.1) is 12.3 Å². The molecule has 0 aliphatic heterocycles. The summed E-state index contributed by atoms with van der Waals surface area (Å²) in [7, 11) is 11.3. The van der Waals surface area contributed by atoms with Crippen molar-refractivity contribution >= 4 is 10.4 Å². The molecule has 0 atom stereocenters. The standard InChI is InChI=1S/2C9H21N2O.H2O4S/c2*1-6-7-12-8-9(10(2)3)11(4)5;1-5(2,3)4/h2*7,9H,6,8H2,1-5H3;(H2,1,2,3,4)/q2*+1;/p-2. The SMILES string of the molecule is CC[CH+]OCC(N(C)C)N(C)C.CC[CH+]OCC(N(C)C)N(C)C.O=S(=O)([O-])[O-]. The van der Waals surface area contributed by atoms with Crippen molar-refractivity contribution in [1.29, 1.82) is 0 Å². The van der Waals surface area contributed by atoms with Gasteiger partial charge in [0.1, 0.15) is 26.1 Å². The van der Waals surface area contributed by atoms with E-state index in [1.165, 1.54) is 0 Å². The van der Waals surface area contributed by atoms with Crippen molar-refractivity contribution in [3.63, 3.8) is 0 Å². The van der Waals surface area contributed by atoms with Gasteiger partial charge in [-0.1, -0.05) is 0 Å². The maximum Gasteiger partial charge on any atom is 0.227 e. The molecule has 10 nitrogen and oxygen atoms in total. The summed E-state index contributed by atoms with van der Waals surface area (Å²) in [6.45, 7) is 9.29. The zero-order valence-electron chi connectivity index (χ0n) is 19.8. The second-order valence-corrected chi connectivity index (χ2v) is 7.86. The summed E-state index contributed by atoms with van der Waals surface area (Å²) in [6, 6.07) is 0. The maximum absolute atomic E-state index is 8.52. The van der Waals surface area contributed by atoms with Gasteiger partial charge in [-0.2, -0.15) is 9.47 Å². The zero-order valence-corrected chi connectivity index (χ0v) is 20.6. The van der Waals surface area contributed by atoms with Crippen LogP contribution in [0, 0.1) is 13.2 Å². The molecule has 0 N–H and O–H groups in total. The summed E-state index contributed by atoms with van der Waals surface area (Å²) in [4.78, 5) is 8.57. The van der Waals surface area contributed by atoms with E-state index in [4.69, 9.17) is 27.0 Å².